The quantitative estimate of drug-likeness (QED) is 0.112. The van der Waals surface area contributed by atoms with E-state index < -0.39 is 17.6 Å². The van der Waals surface area contributed by atoms with E-state index in [2.05, 4.69) is 10.6 Å². The largest absolute Gasteiger partial charge is 0.491 e. The third kappa shape index (κ3) is 9.22. The average Bonchev–Trinajstić information content (AvgIpc) is 2.94. The molecule has 3 aromatic rings. The summed E-state index contributed by atoms with van der Waals surface area (Å²) < 4.78 is 11.7. The van der Waals surface area contributed by atoms with Crippen LogP contribution in [0.5, 0.6) is 5.75 Å². The van der Waals surface area contributed by atoms with E-state index in [1.54, 1.807) is 66.7 Å². The SMILES string of the molecule is CC(=O)c1ccc(NC(=O)O[C@@H](c2ccccc2OCCO)C(C)(C)CC/C=C/C(=O)Nc2ccccc2N)cc1. The molecule has 9 nitrogen and oxygen atoms in total. The van der Waals surface area contributed by atoms with Gasteiger partial charge in [0.2, 0.25) is 5.91 Å². The number of hydrogen-bond donors (Lipinski definition) is 4. The Kier molecular flexibility index (Phi) is 11.1. The number of benzene rings is 3. The molecule has 9 heteroatoms. The summed E-state index contributed by atoms with van der Waals surface area (Å²) in [6.07, 6.45) is 2.89. The summed E-state index contributed by atoms with van der Waals surface area (Å²) in [5.41, 5.74) is 7.98. The molecule has 0 unspecified atom stereocenters. The van der Waals surface area contributed by atoms with Crippen molar-refractivity contribution in [1.82, 2.24) is 0 Å². The summed E-state index contributed by atoms with van der Waals surface area (Å²) >= 11 is 0. The molecule has 2 amide bonds. The lowest BCUT2D eigenvalue weighted by Crippen LogP contribution is -2.29. The van der Waals surface area contributed by atoms with Crippen molar-refractivity contribution >= 4 is 34.8 Å². The normalized spacial score (nSPS) is 12.0. The number of para-hydroxylation sites is 3. The first-order valence-electron chi connectivity index (χ1n) is 13.3. The molecule has 41 heavy (non-hydrogen) atoms. The van der Waals surface area contributed by atoms with Gasteiger partial charge in [0.15, 0.2) is 5.78 Å². The molecule has 3 rings (SSSR count). The van der Waals surface area contributed by atoms with Crippen molar-refractivity contribution in [3.8, 4) is 5.75 Å². The van der Waals surface area contributed by atoms with Crippen molar-refractivity contribution in [2.45, 2.75) is 39.7 Å². The number of nitrogen functional groups attached to an aromatic ring is 1. The lowest BCUT2D eigenvalue weighted by atomic mass is 9.78. The first-order chi connectivity index (χ1) is 19.6. The molecule has 1 atom stereocenters. The zero-order valence-electron chi connectivity index (χ0n) is 23.6. The van der Waals surface area contributed by atoms with E-state index in [1.807, 2.05) is 26.0 Å². The minimum absolute atomic E-state index is 0.0730. The van der Waals surface area contributed by atoms with Crippen LogP contribution in [-0.2, 0) is 9.53 Å². The van der Waals surface area contributed by atoms with E-state index in [1.165, 1.54) is 13.0 Å². The fourth-order valence-electron chi connectivity index (χ4n) is 4.23. The molecular formula is C32H37N3O6. The van der Waals surface area contributed by atoms with Gasteiger partial charge in [-0.2, -0.15) is 0 Å². The smallest absolute Gasteiger partial charge is 0.412 e. The van der Waals surface area contributed by atoms with E-state index in [0.717, 1.165) is 0 Å². The molecule has 5 N–H and O–H groups in total. The lowest BCUT2D eigenvalue weighted by Gasteiger charge is -2.35. The number of amides is 2. The van der Waals surface area contributed by atoms with Gasteiger partial charge in [-0.25, -0.2) is 4.79 Å². The summed E-state index contributed by atoms with van der Waals surface area (Å²) in [7, 11) is 0. The van der Waals surface area contributed by atoms with Gasteiger partial charge in [0.1, 0.15) is 18.5 Å². The molecular weight excluding hydrogens is 522 g/mol. The number of allylic oxidation sites excluding steroid dienone is 1. The van der Waals surface area contributed by atoms with Gasteiger partial charge in [-0.3, -0.25) is 14.9 Å². The van der Waals surface area contributed by atoms with Crippen molar-refractivity contribution in [2.24, 2.45) is 5.41 Å². The highest BCUT2D eigenvalue weighted by molar-refractivity contribution is 6.01. The number of nitrogens with two attached hydrogens (primary N) is 1. The van der Waals surface area contributed by atoms with E-state index in [-0.39, 0.29) is 24.9 Å². The van der Waals surface area contributed by atoms with Crippen molar-refractivity contribution < 1.29 is 29.0 Å². The zero-order chi connectivity index (χ0) is 29.8. The second-order valence-corrected chi connectivity index (χ2v) is 10.2. The molecule has 0 aliphatic carbocycles. The van der Waals surface area contributed by atoms with Crippen LogP contribution in [0.15, 0.2) is 84.9 Å². The molecule has 3 aromatic carbocycles. The highest BCUT2D eigenvalue weighted by atomic mass is 16.6. The van der Waals surface area contributed by atoms with Gasteiger partial charge < -0.3 is 25.6 Å². The highest BCUT2D eigenvalue weighted by Crippen LogP contribution is 2.44. The van der Waals surface area contributed by atoms with Gasteiger partial charge in [-0.05, 0) is 68.3 Å². The number of hydrogen-bond acceptors (Lipinski definition) is 7. The molecule has 0 aromatic heterocycles. The maximum Gasteiger partial charge on any atom is 0.412 e. The van der Waals surface area contributed by atoms with E-state index in [9.17, 15) is 19.5 Å². The van der Waals surface area contributed by atoms with E-state index in [0.29, 0.717) is 46.8 Å². The van der Waals surface area contributed by atoms with Crippen LogP contribution >= 0.6 is 0 Å². The number of rotatable bonds is 13. The molecule has 0 fully saturated rings. The van der Waals surface area contributed by atoms with Gasteiger partial charge >= 0.3 is 6.09 Å². The van der Waals surface area contributed by atoms with Crippen molar-refractivity contribution in [3.05, 3.63) is 96.1 Å². The van der Waals surface area contributed by atoms with E-state index in [4.69, 9.17) is 15.2 Å². The van der Waals surface area contributed by atoms with Crippen LogP contribution in [0.25, 0.3) is 0 Å². The van der Waals surface area contributed by atoms with Crippen LogP contribution in [0.2, 0.25) is 0 Å². The van der Waals surface area contributed by atoms with Gasteiger partial charge in [0.05, 0.1) is 18.0 Å². The van der Waals surface area contributed by atoms with Gasteiger partial charge in [-0.15, -0.1) is 0 Å². The number of ether oxygens (including phenoxy) is 2. The fourth-order valence-corrected chi connectivity index (χ4v) is 4.23. The predicted octanol–water partition coefficient (Wildman–Crippen LogP) is 6.13. The minimum atomic E-state index is -0.736. The number of anilines is 3. The monoisotopic (exact) mass is 559 g/mol. The molecule has 0 saturated carbocycles. The second-order valence-electron chi connectivity index (χ2n) is 10.2. The third-order valence-corrected chi connectivity index (χ3v) is 6.47. The predicted molar refractivity (Wildman–Crippen MR) is 160 cm³/mol. The van der Waals surface area contributed by atoms with Crippen LogP contribution in [0.3, 0.4) is 0 Å². The molecule has 0 aliphatic rings. The Morgan fingerprint density at radius 3 is 2.34 bits per heavy atom. The third-order valence-electron chi connectivity index (χ3n) is 6.47. The lowest BCUT2D eigenvalue weighted by molar-refractivity contribution is -0.111. The molecule has 0 spiro atoms. The minimum Gasteiger partial charge on any atom is -0.491 e. The van der Waals surface area contributed by atoms with Gasteiger partial charge in [-0.1, -0.05) is 50.3 Å². The van der Waals surface area contributed by atoms with E-state index >= 15 is 0 Å². The molecule has 0 radical (unpaired) electrons. The molecule has 0 saturated heterocycles. The number of carbonyl (C=O) groups is 3. The summed E-state index contributed by atoms with van der Waals surface area (Å²) in [4.78, 5) is 37.0. The number of Topliss-reactive ketones (excluding diaryl/α,β-unsaturated/α-hetero) is 1. The molecule has 0 aliphatic heterocycles. The van der Waals surface area contributed by atoms with Crippen LogP contribution in [-0.4, -0.2) is 36.1 Å². The Morgan fingerprint density at radius 1 is 0.976 bits per heavy atom. The van der Waals surface area contributed by atoms with Crippen molar-refractivity contribution in [3.63, 3.8) is 0 Å². The fraction of sp³-hybridized carbons (Fsp3) is 0.281. The van der Waals surface area contributed by atoms with Crippen molar-refractivity contribution in [1.29, 1.82) is 0 Å². The van der Waals surface area contributed by atoms with Crippen molar-refractivity contribution in [2.75, 3.05) is 29.6 Å². The van der Waals surface area contributed by atoms with Crippen LogP contribution in [0, 0.1) is 5.41 Å². The average molecular weight is 560 g/mol. The Bertz CT molecular complexity index is 1370. The Morgan fingerprint density at radius 2 is 1.66 bits per heavy atom. The number of nitrogens with one attached hydrogen (secondary N) is 2. The maximum absolute atomic E-state index is 13.0. The van der Waals surface area contributed by atoms with Gasteiger partial charge in [0, 0.05) is 22.2 Å². The van der Waals surface area contributed by atoms with Crippen LogP contribution in [0.1, 0.15) is 55.6 Å². The standard InChI is InChI=1S/C32H37N3O6/c1-22(37)23-15-17-24(18-16-23)34-31(39)41-30(25-10-4-7-13-28(25)40-21-20-36)32(2,3)19-9-8-14-29(38)35-27-12-6-5-11-26(27)33/h4-8,10-18,30,36H,9,19-21,33H2,1-3H3,(H,34,39)(H,35,38)/b14-8+/t30-/m0/s1. The summed E-state index contributed by atoms with van der Waals surface area (Å²) in [5, 5.41) is 14.8. The first kappa shape index (κ1) is 30.9. The highest BCUT2D eigenvalue weighted by Gasteiger charge is 2.35. The summed E-state index contributed by atoms with van der Waals surface area (Å²) in [6.45, 7) is 5.33. The number of aliphatic hydroxyl groups excluding tert-OH is 1. The maximum atomic E-state index is 13.0. The topological polar surface area (TPSA) is 140 Å². The molecule has 0 bridgehead atoms. The van der Waals surface area contributed by atoms with Crippen LogP contribution < -0.4 is 21.1 Å². The first-order valence-corrected chi connectivity index (χ1v) is 13.3. The Hall–Kier alpha value is -4.63. The zero-order valence-corrected chi connectivity index (χ0v) is 23.6. The summed E-state index contributed by atoms with van der Waals surface area (Å²) in [5.74, 6) is 0.121. The van der Waals surface area contributed by atoms with Crippen LogP contribution in [0.4, 0.5) is 21.9 Å². The van der Waals surface area contributed by atoms with Gasteiger partial charge in [0.25, 0.3) is 0 Å². The number of carbonyl (C=O) groups excluding carboxylic acids is 3. The summed E-state index contributed by atoms with van der Waals surface area (Å²) in [6, 6.07) is 20.8. The molecule has 0 heterocycles. The molecule has 216 valence electrons. The number of ketones is 1. The second kappa shape index (κ2) is 14.7. The number of aliphatic hydroxyl groups is 1. The Labute approximate surface area is 240 Å². The Balaban J connectivity index is 1.75.